The summed E-state index contributed by atoms with van der Waals surface area (Å²) in [7, 11) is 4.61. The summed E-state index contributed by atoms with van der Waals surface area (Å²) in [6.07, 6.45) is 3.60. The number of aromatic nitrogens is 2. The quantitative estimate of drug-likeness (QED) is 0.293. The van der Waals surface area contributed by atoms with Crippen molar-refractivity contribution in [2.24, 2.45) is 0 Å². The fraction of sp³-hybridized carbons (Fsp3) is 0. The summed E-state index contributed by atoms with van der Waals surface area (Å²) in [5, 5.41) is 0. The summed E-state index contributed by atoms with van der Waals surface area (Å²) in [6, 6.07) is 32.9. The van der Waals surface area contributed by atoms with Crippen LogP contribution in [0.2, 0.25) is 0 Å². The van der Waals surface area contributed by atoms with Crippen molar-refractivity contribution in [1.29, 1.82) is 0 Å². The van der Waals surface area contributed by atoms with E-state index in [0.717, 1.165) is 22.5 Å². The van der Waals surface area contributed by atoms with Gasteiger partial charge in [-0.3, -0.25) is 4.98 Å². The normalized spacial score (nSPS) is 9.19. The smallest absolute Gasteiger partial charge is 0.0701 e. The summed E-state index contributed by atoms with van der Waals surface area (Å²) in [5.41, 5.74) is 4.20. The van der Waals surface area contributed by atoms with Gasteiger partial charge in [-0.2, -0.15) is 0 Å². The molecule has 0 spiro atoms. The van der Waals surface area contributed by atoms with Gasteiger partial charge in [0.2, 0.25) is 0 Å². The van der Waals surface area contributed by atoms with Gasteiger partial charge in [0, 0.05) is 18.0 Å². The predicted molar refractivity (Wildman–Crippen MR) is 104 cm³/mol. The number of hydrogen-bond acceptors (Lipinski definition) is 2. The summed E-state index contributed by atoms with van der Waals surface area (Å²) in [5.74, 6) is 0. The van der Waals surface area contributed by atoms with Gasteiger partial charge in [0.05, 0.1) is 5.69 Å². The van der Waals surface area contributed by atoms with Crippen molar-refractivity contribution in [2.45, 2.75) is 0 Å². The zero-order valence-corrected chi connectivity index (χ0v) is 16.9. The Morgan fingerprint density at radius 3 is 1.73 bits per heavy atom. The Balaban J connectivity index is 0.000000171. The van der Waals surface area contributed by atoms with Crippen LogP contribution in [-0.4, -0.2) is 9.97 Å². The van der Waals surface area contributed by atoms with E-state index < -0.39 is 0 Å². The maximum atomic E-state index is 4.61. The predicted octanol–water partition coefficient (Wildman–Crippen LogP) is 5.98. The van der Waals surface area contributed by atoms with Gasteiger partial charge in [-0.15, -0.1) is 35.9 Å². The molecule has 0 aliphatic rings. The van der Waals surface area contributed by atoms with Gasteiger partial charge < -0.3 is 4.98 Å². The Bertz CT molecular complexity index is 692. The number of hydrogen-bond donors (Lipinski definition) is 0. The molecule has 2 aromatic carbocycles. The summed E-state index contributed by atoms with van der Waals surface area (Å²) < 4.78 is 0. The van der Waals surface area contributed by atoms with E-state index in [0.29, 0.717) is 0 Å². The molecule has 2 nitrogen and oxygen atoms in total. The van der Waals surface area contributed by atoms with Gasteiger partial charge in [0.15, 0.2) is 0 Å². The maximum absolute atomic E-state index is 4.61. The average Bonchev–Trinajstić information content (AvgIpc) is 2.78. The van der Waals surface area contributed by atoms with E-state index >= 15 is 0 Å². The van der Waals surface area contributed by atoms with Crippen LogP contribution in [-0.2, 0) is 18.8 Å². The van der Waals surface area contributed by atoms with Gasteiger partial charge in [-0.1, -0.05) is 48.5 Å². The van der Waals surface area contributed by atoms with Crippen LogP contribution >= 0.6 is 9.42 Å². The zero-order chi connectivity index (χ0) is 18.5. The maximum Gasteiger partial charge on any atom is 0.0701 e. The molecule has 4 rings (SSSR count). The summed E-state index contributed by atoms with van der Waals surface area (Å²) >= 11 is 1.61. The van der Waals surface area contributed by atoms with E-state index in [4.69, 9.17) is 0 Å². The minimum Gasteiger partial charge on any atom is -0.305 e. The molecule has 26 heavy (non-hydrogen) atoms. The summed E-state index contributed by atoms with van der Waals surface area (Å²) in [6.45, 7) is 0. The molecule has 132 valence electrons. The van der Waals surface area contributed by atoms with E-state index in [2.05, 4.69) is 37.6 Å². The van der Waals surface area contributed by atoms with Crippen molar-refractivity contribution in [3.63, 3.8) is 0 Å². The molecule has 2 heterocycles. The molecule has 0 radical (unpaired) electrons. The average molecular weight is 540 g/mol. The largest absolute Gasteiger partial charge is 0.305 e. The first-order valence-electron chi connectivity index (χ1n) is 7.90. The van der Waals surface area contributed by atoms with Crippen LogP contribution in [0.1, 0.15) is 0 Å². The first kappa shape index (κ1) is 20.0. The number of rotatable bonds is 2. The molecule has 0 amide bonds. The molecule has 0 N–H and O–H groups in total. The second kappa shape index (κ2) is 12.1. The molecule has 0 aliphatic heterocycles. The first-order valence-corrected chi connectivity index (χ1v) is 10.7. The van der Waals surface area contributed by atoms with Crippen LogP contribution in [0.3, 0.4) is 0 Å². The second-order valence-corrected chi connectivity index (χ2v) is 5.07. The molecular formula is C22H17ClN2Pt. The molecule has 0 aliphatic carbocycles. The Morgan fingerprint density at radius 1 is 0.615 bits per heavy atom. The Hall–Kier alpha value is -2.28. The number of benzene rings is 2. The Morgan fingerprint density at radius 2 is 1.19 bits per heavy atom. The second-order valence-electron chi connectivity index (χ2n) is 5.07. The van der Waals surface area contributed by atoms with Crippen molar-refractivity contribution >= 4 is 9.42 Å². The van der Waals surface area contributed by atoms with E-state index in [1.165, 1.54) is 0 Å². The van der Waals surface area contributed by atoms with E-state index in [9.17, 15) is 0 Å². The third-order valence-electron chi connectivity index (χ3n) is 3.38. The van der Waals surface area contributed by atoms with E-state index in [1.54, 1.807) is 25.0 Å². The topological polar surface area (TPSA) is 25.8 Å². The molecule has 0 atom stereocenters. The summed E-state index contributed by atoms with van der Waals surface area (Å²) in [4.78, 5) is 8.47. The van der Waals surface area contributed by atoms with Crippen molar-refractivity contribution in [2.75, 3.05) is 0 Å². The first-order chi connectivity index (χ1) is 12.9. The molecule has 4 heteroatoms. The molecule has 0 bridgehead atoms. The minimum absolute atomic E-state index is 0.970. The molecule has 4 aromatic rings. The number of pyridine rings is 2. The van der Waals surface area contributed by atoms with Gasteiger partial charge in [0.1, 0.15) is 0 Å². The Kier molecular flexibility index (Phi) is 9.35. The van der Waals surface area contributed by atoms with Crippen molar-refractivity contribution in [1.82, 2.24) is 9.97 Å². The molecule has 0 fully saturated rings. The van der Waals surface area contributed by atoms with Crippen LogP contribution in [0, 0.1) is 6.07 Å². The third kappa shape index (κ3) is 6.55. The fourth-order valence-corrected chi connectivity index (χ4v) is 2.22. The monoisotopic (exact) mass is 539 g/mol. The molecular weight excluding hydrogens is 523 g/mol. The van der Waals surface area contributed by atoms with Crippen molar-refractivity contribution in [3.05, 3.63) is 109 Å². The third-order valence-corrected chi connectivity index (χ3v) is 3.38. The standard InChI is InChI=1S/C11H9N.C11H8N.ClH.Pt/c2*1-2-6-10(7-3-1)11-8-4-5-9-12-11;;/h1-9H;1-6,8-9H;1H;/q;-1;;+2/p-1. The van der Waals surface area contributed by atoms with Gasteiger partial charge in [-0.25, -0.2) is 0 Å². The van der Waals surface area contributed by atoms with E-state index in [1.807, 2.05) is 85.1 Å². The van der Waals surface area contributed by atoms with Crippen LogP contribution in [0.4, 0.5) is 0 Å². The molecule has 0 unspecified atom stereocenters. The minimum atomic E-state index is 0.970. The zero-order valence-electron chi connectivity index (χ0n) is 13.9. The van der Waals surface area contributed by atoms with Crippen LogP contribution in [0.15, 0.2) is 103 Å². The van der Waals surface area contributed by atoms with Crippen molar-refractivity contribution in [3.8, 4) is 22.5 Å². The van der Waals surface area contributed by atoms with Crippen molar-refractivity contribution < 1.29 is 18.8 Å². The molecule has 0 saturated carbocycles. The van der Waals surface area contributed by atoms with Gasteiger partial charge >= 0.3 is 28.2 Å². The Labute approximate surface area is 169 Å². The van der Waals surface area contributed by atoms with Gasteiger partial charge in [-0.05, 0) is 23.9 Å². The van der Waals surface area contributed by atoms with Crippen LogP contribution in [0.25, 0.3) is 22.5 Å². The van der Waals surface area contributed by atoms with Crippen LogP contribution in [0.5, 0.6) is 0 Å². The SMILES string of the molecule is [Cl][Pt+].[c-]1ccccc1-c1ccccn1.c1ccc(-c2ccccn2)cc1. The molecule has 2 aromatic heterocycles. The number of nitrogens with zero attached hydrogens (tertiary/aromatic N) is 2. The van der Waals surface area contributed by atoms with Crippen LogP contribution < -0.4 is 0 Å². The van der Waals surface area contributed by atoms with Gasteiger partial charge in [0.25, 0.3) is 0 Å². The van der Waals surface area contributed by atoms with E-state index in [-0.39, 0.29) is 0 Å². The molecule has 0 saturated heterocycles. The fourth-order valence-electron chi connectivity index (χ4n) is 2.22. The number of halogens is 1.